The van der Waals surface area contributed by atoms with Crippen LogP contribution in [0.4, 0.5) is 0 Å². The number of esters is 1. The Morgan fingerprint density at radius 1 is 0.810 bits per heavy atom. The number of likely N-dealkylation sites (tertiary alicyclic amines) is 1. The van der Waals surface area contributed by atoms with Crippen LogP contribution >= 0.6 is 23.2 Å². The highest BCUT2D eigenvalue weighted by Gasteiger charge is 2.74. The van der Waals surface area contributed by atoms with Gasteiger partial charge in [-0.2, -0.15) is 0 Å². The van der Waals surface area contributed by atoms with Crippen molar-refractivity contribution in [3.05, 3.63) is 107 Å². The molecule has 7 rings (SSSR count). The van der Waals surface area contributed by atoms with Crippen LogP contribution in [0, 0.1) is 11.8 Å². The van der Waals surface area contributed by atoms with Crippen LogP contribution in [0.5, 0.6) is 0 Å². The van der Waals surface area contributed by atoms with Crippen LogP contribution in [-0.2, 0) is 33.7 Å². The van der Waals surface area contributed by atoms with Crippen molar-refractivity contribution in [1.29, 1.82) is 0 Å². The third-order valence-corrected chi connectivity index (χ3v) is 9.86. The zero-order valence-corrected chi connectivity index (χ0v) is 24.0. The Balaban J connectivity index is 1.42. The molecule has 1 fully saturated rings. The number of benzene rings is 3. The number of carbonyl (C=O) groups excluding carboxylic acids is 5. The molecule has 2 N–H and O–H groups in total. The number of amides is 3. The van der Waals surface area contributed by atoms with Crippen LogP contribution in [0.3, 0.4) is 0 Å². The molecule has 4 atom stereocenters. The van der Waals surface area contributed by atoms with Crippen molar-refractivity contribution in [1.82, 2.24) is 4.90 Å². The summed E-state index contributed by atoms with van der Waals surface area (Å²) in [6.07, 6.45) is -1.79. The van der Waals surface area contributed by atoms with Gasteiger partial charge >= 0.3 is 5.97 Å². The van der Waals surface area contributed by atoms with Gasteiger partial charge in [0.1, 0.15) is 15.8 Å². The largest absolute Gasteiger partial charge is 0.452 e. The zero-order valence-electron chi connectivity index (χ0n) is 22.5. The number of alkyl halides is 2. The Morgan fingerprint density at radius 2 is 1.24 bits per heavy atom. The number of Topliss-reactive ketones (excluding diaryl/α,β-unsaturated/α-hetero) is 1. The molecule has 1 aliphatic heterocycles. The van der Waals surface area contributed by atoms with Crippen molar-refractivity contribution < 1.29 is 28.7 Å². The van der Waals surface area contributed by atoms with Gasteiger partial charge in [0, 0.05) is 5.56 Å². The molecule has 10 heteroatoms. The Morgan fingerprint density at radius 3 is 1.64 bits per heavy atom. The van der Waals surface area contributed by atoms with Crippen LogP contribution in [-0.4, -0.2) is 46.5 Å². The van der Waals surface area contributed by atoms with Gasteiger partial charge in [0.05, 0.1) is 18.3 Å². The van der Waals surface area contributed by atoms with E-state index in [1.165, 1.54) is 0 Å². The summed E-state index contributed by atoms with van der Waals surface area (Å²) in [6.45, 7) is 1.66. The molecular formula is C32H26Cl2N2O6. The minimum atomic E-state index is -1.71. The van der Waals surface area contributed by atoms with Gasteiger partial charge < -0.3 is 10.5 Å². The Bertz CT molecular complexity index is 1540. The lowest BCUT2D eigenvalue weighted by atomic mass is 9.54. The maximum Gasteiger partial charge on any atom is 0.330 e. The third kappa shape index (κ3) is 3.78. The van der Waals surface area contributed by atoms with Crippen molar-refractivity contribution in [2.75, 3.05) is 0 Å². The fourth-order valence-corrected chi connectivity index (χ4v) is 7.89. The Labute approximate surface area is 251 Å². The van der Waals surface area contributed by atoms with Gasteiger partial charge in [-0.3, -0.25) is 24.1 Å². The molecule has 0 spiro atoms. The van der Waals surface area contributed by atoms with E-state index in [-0.39, 0.29) is 6.42 Å². The molecule has 42 heavy (non-hydrogen) atoms. The van der Waals surface area contributed by atoms with E-state index in [4.69, 9.17) is 33.7 Å². The highest BCUT2D eigenvalue weighted by molar-refractivity contribution is 6.36. The summed E-state index contributed by atoms with van der Waals surface area (Å²) in [6, 6.07) is 20.8. The average molecular weight is 605 g/mol. The van der Waals surface area contributed by atoms with Gasteiger partial charge in [-0.15, -0.1) is 23.2 Å². The van der Waals surface area contributed by atoms with Crippen LogP contribution in [0.2, 0.25) is 0 Å². The molecule has 214 valence electrons. The monoisotopic (exact) mass is 604 g/mol. The molecular weight excluding hydrogens is 579 g/mol. The van der Waals surface area contributed by atoms with E-state index in [9.17, 15) is 24.0 Å². The molecule has 3 amide bonds. The summed E-state index contributed by atoms with van der Waals surface area (Å²) in [4.78, 5) is 65.3. The van der Waals surface area contributed by atoms with Gasteiger partial charge in [0.25, 0.3) is 0 Å². The number of primary amides is 1. The number of nitrogens with two attached hydrogens (primary N) is 1. The fraction of sp³-hybridized carbons (Fsp3) is 0.281. The van der Waals surface area contributed by atoms with E-state index < -0.39 is 69.6 Å². The van der Waals surface area contributed by atoms with Crippen LogP contribution in [0.15, 0.2) is 78.9 Å². The van der Waals surface area contributed by atoms with E-state index in [1.807, 2.05) is 0 Å². The second kappa shape index (κ2) is 10.1. The first kappa shape index (κ1) is 28.1. The number of halogens is 2. The van der Waals surface area contributed by atoms with E-state index >= 15 is 0 Å². The predicted molar refractivity (Wildman–Crippen MR) is 154 cm³/mol. The standard InChI is InChI=1S/C32H26Cl2N2O6/c1-2-23(27(38)17-10-4-3-5-11-17)42-30(41)22(16-24(35)37)36-28(39)25-26(29(36)40)32(34)19-13-7-6-12-18(19)31(25,33)20-14-8-9-15-21(20)32/h3-15,22-23,25-26H,2,16H2,1H3,(H2,35,37)/t22-,23-,25-,26+,31?,32?/m1/s1. The number of ether oxygens (including phenoxy) is 1. The SMILES string of the molecule is CC[C@@H](OC(=O)[C@@H](CC(N)=O)N1C(=O)[C@@H]2[C@H](C1=O)C1(Cl)c3ccccc3C2(Cl)c2ccccc21)C(=O)c1ccccc1. The highest BCUT2D eigenvalue weighted by Crippen LogP contribution is 2.69. The minimum absolute atomic E-state index is 0.121. The number of hydrogen-bond acceptors (Lipinski definition) is 6. The van der Waals surface area contributed by atoms with Crippen LogP contribution in [0.1, 0.15) is 52.4 Å². The lowest BCUT2D eigenvalue weighted by Crippen LogP contribution is -2.57. The summed E-state index contributed by atoms with van der Waals surface area (Å²) in [5.74, 6) is -6.37. The molecule has 0 radical (unpaired) electrons. The van der Waals surface area contributed by atoms with E-state index in [0.717, 1.165) is 4.90 Å². The quantitative estimate of drug-likeness (QED) is 0.179. The van der Waals surface area contributed by atoms with Crippen LogP contribution < -0.4 is 5.73 Å². The summed E-state index contributed by atoms with van der Waals surface area (Å²) >= 11 is 14.9. The molecule has 0 unspecified atom stereocenters. The molecule has 4 aliphatic rings. The lowest BCUT2D eigenvalue weighted by molar-refractivity contribution is -0.162. The second-order valence-corrected chi connectivity index (χ2v) is 12.0. The molecule has 0 aromatic heterocycles. The number of ketones is 1. The molecule has 0 saturated carbocycles. The van der Waals surface area contributed by atoms with Crippen molar-refractivity contribution in [2.45, 2.75) is 41.7 Å². The molecule has 3 aliphatic carbocycles. The molecule has 1 saturated heterocycles. The lowest BCUT2D eigenvalue weighted by Gasteiger charge is -2.54. The molecule has 3 aromatic rings. The maximum atomic E-state index is 14.3. The van der Waals surface area contributed by atoms with Gasteiger partial charge in [-0.1, -0.05) is 85.8 Å². The van der Waals surface area contributed by atoms with Crippen LogP contribution in [0.25, 0.3) is 0 Å². The maximum absolute atomic E-state index is 14.3. The zero-order chi connectivity index (χ0) is 30.0. The molecule has 2 bridgehead atoms. The first-order valence-corrected chi connectivity index (χ1v) is 14.3. The van der Waals surface area contributed by atoms with Crippen molar-refractivity contribution >= 4 is 52.7 Å². The second-order valence-electron chi connectivity index (χ2n) is 10.8. The van der Waals surface area contributed by atoms with Gasteiger partial charge in [0.15, 0.2) is 6.10 Å². The number of imide groups is 1. The number of nitrogens with zero attached hydrogens (tertiary/aromatic N) is 1. The van der Waals surface area contributed by atoms with E-state index in [1.54, 1.807) is 85.8 Å². The molecule has 8 nitrogen and oxygen atoms in total. The van der Waals surface area contributed by atoms with Crippen molar-refractivity contribution in [3.63, 3.8) is 0 Å². The smallest absolute Gasteiger partial charge is 0.330 e. The summed E-state index contributed by atoms with van der Waals surface area (Å²) in [5, 5.41) is 0. The van der Waals surface area contributed by atoms with Crippen molar-refractivity contribution in [3.8, 4) is 0 Å². The molecule has 1 heterocycles. The highest BCUT2D eigenvalue weighted by atomic mass is 35.5. The average Bonchev–Trinajstić information content (AvgIpc) is 3.27. The molecule has 3 aromatic carbocycles. The number of rotatable bonds is 8. The Hall–Kier alpha value is -4.01. The Kier molecular flexibility index (Phi) is 6.74. The number of hydrogen-bond donors (Lipinski definition) is 1. The van der Waals surface area contributed by atoms with E-state index in [0.29, 0.717) is 27.8 Å². The van der Waals surface area contributed by atoms with E-state index in [2.05, 4.69) is 0 Å². The van der Waals surface area contributed by atoms with Gasteiger partial charge in [0.2, 0.25) is 23.5 Å². The summed E-state index contributed by atoms with van der Waals surface area (Å²) < 4.78 is 5.58. The first-order chi connectivity index (χ1) is 20.1. The van der Waals surface area contributed by atoms with Crippen molar-refractivity contribution in [2.24, 2.45) is 17.6 Å². The fourth-order valence-electron chi connectivity index (χ4n) is 6.80. The third-order valence-electron chi connectivity index (χ3n) is 8.58. The summed E-state index contributed by atoms with van der Waals surface area (Å²) in [7, 11) is 0. The van der Waals surface area contributed by atoms with Gasteiger partial charge in [-0.25, -0.2) is 4.79 Å². The number of carbonyl (C=O) groups is 5. The minimum Gasteiger partial charge on any atom is -0.452 e. The predicted octanol–water partition coefficient (Wildman–Crippen LogP) is 4.03. The normalized spacial score (nSPS) is 26.6. The van der Waals surface area contributed by atoms with Gasteiger partial charge in [-0.05, 0) is 28.7 Å². The summed E-state index contributed by atoms with van der Waals surface area (Å²) in [5.41, 5.74) is 8.20. The topological polar surface area (TPSA) is 124 Å². The first-order valence-electron chi connectivity index (χ1n) is 13.6.